The number of amides is 1. The molecule has 0 saturated carbocycles. The smallest absolute Gasteiger partial charge is 0.239 e. The average Bonchev–Trinajstić information content (AvgIpc) is 2.56. The lowest BCUT2D eigenvalue weighted by Crippen LogP contribution is -2.51. The molecule has 0 radical (unpaired) electrons. The van der Waals surface area contributed by atoms with Crippen molar-refractivity contribution in [2.45, 2.75) is 31.7 Å². The Balaban J connectivity index is 2.18. The lowest BCUT2D eigenvalue weighted by atomic mass is 9.90. The van der Waals surface area contributed by atoms with E-state index < -0.39 is 5.54 Å². The SMILES string of the molecule is CCC(C)(N)C(=O)NCC(c1ccccc1)c1ccccc1. The van der Waals surface area contributed by atoms with E-state index in [1.54, 1.807) is 6.92 Å². The summed E-state index contributed by atoms with van der Waals surface area (Å²) in [6.45, 7) is 4.23. The second kappa shape index (κ2) is 7.23. The van der Waals surface area contributed by atoms with E-state index in [4.69, 9.17) is 5.73 Å². The molecule has 3 heteroatoms. The Bertz CT molecular complexity index is 554. The van der Waals surface area contributed by atoms with Crippen molar-refractivity contribution in [3.8, 4) is 0 Å². The van der Waals surface area contributed by atoms with Gasteiger partial charge in [0.05, 0.1) is 5.54 Å². The van der Waals surface area contributed by atoms with Gasteiger partial charge in [0.2, 0.25) is 5.91 Å². The molecule has 0 spiro atoms. The van der Waals surface area contributed by atoms with Gasteiger partial charge in [0.15, 0.2) is 0 Å². The van der Waals surface area contributed by atoms with E-state index in [1.807, 2.05) is 43.3 Å². The molecule has 1 atom stereocenters. The fourth-order valence-electron chi connectivity index (χ4n) is 2.36. The zero-order valence-corrected chi connectivity index (χ0v) is 13.3. The van der Waals surface area contributed by atoms with Crippen molar-refractivity contribution >= 4 is 5.91 Å². The van der Waals surface area contributed by atoms with Crippen LogP contribution < -0.4 is 11.1 Å². The number of benzene rings is 2. The Morgan fingerprint density at radius 1 is 1.05 bits per heavy atom. The van der Waals surface area contributed by atoms with Crippen LogP contribution in [-0.4, -0.2) is 18.0 Å². The van der Waals surface area contributed by atoms with Crippen molar-refractivity contribution in [2.75, 3.05) is 6.54 Å². The maximum atomic E-state index is 12.2. The highest BCUT2D eigenvalue weighted by molar-refractivity contribution is 5.85. The molecule has 0 fully saturated rings. The second-order valence-electron chi connectivity index (χ2n) is 5.85. The molecule has 0 saturated heterocycles. The summed E-state index contributed by atoms with van der Waals surface area (Å²) in [4.78, 5) is 12.2. The normalized spacial score (nSPS) is 13.6. The van der Waals surface area contributed by atoms with Crippen LogP contribution in [0.15, 0.2) is 60.7 Å². The van der Waals surface area contributed by atoms with Gasteiger partial charge in [-0.05, 0) is 24.5 Å². The van der Waals surface area contributed by atoms with E-state index in [1.165, 1.54) is 11.1 Å². The Hall–Kier alpha value is -2.13. The van der Waals surface area contributed by atoms with Crippen LogP contribution >= 0.6 is 0 Å². The molecule has 0 bridgehead atoms. The molecule has 1 unspecified atom stereocenters. The van der Waals surface area contributed by atoms with E-state index in [-0.39, 0.29) is 11.8 Å². The van der Waals surface area contributed by atoms with Crippen LogP contribution in [0, 0.1) is 0 Å². The fourth-order valence-corrected chi connectivity index (χ4v) is 2.36. The van der Waals surface area contributed by atoms with Gasteiger partial charge >= 0.3 is 0 Å². The molecule has 22 heavy (non-hydrogen) atoms. The first kappa shape index (κ1) is 16.2. The van der Waals surface area contributed by atoms with Crippen molar-refractivity contribution in [3.05, 3.63) is 71.8 Å². The molecule has 116 valence electrons. The molecule has 0 aliphatic rings. The van der Waals surface area contributed by atoms with E-state index in [2.05, 4.69) is 29.6 Å². The van der Waals surface area contributed by atoms with Gasteiger partial charge in [0, 0.05) is 12.5 Å². The maximum Gasteiger partial charge on any atom is 0.239 e. The first-order valence-electron chi connectivity index (χ1n) is 7.71. The number of hydrogen-bond acceptors (Lipinski definition) is 2. The van der Waals surface area contributed by atoms with Gasteiger partial charge in [0.25, 0.3) is 0 Å². The van der Waals surface area contributed by atoms with Crippen LogP contribution in [0.5, 0.6) is 0 Å². The summed E-state index contributed by atoms with van der Waals surface area (Å²) in [6.07, 6.45) is 0.611. The van der Waals surface area contributed by atoms with E-state index in [9.17, 15) is 4.79 Å². The van der Waals surface area contributed by atoms with Gasteiger partial charge in [-0.3, -0.25) is 4.79 Å². The van der Waals surface area contributed by atoms with E-state index >= 15 is 0 Å². The number of nitrogens with one attached hydrogen (secondary N) is 1. The molecule has 3 N–H and O–H groups in total. The van der Waals surface area contributed by atoms with Crippen molar-refractivity contribution in [2.24, 2.45) is 5.73 Å². The fraction of sp³-hybridized carbons (Fsp3) is 0.316. The van der Waals surface area contributed by atoms with Gasteiger partial charge in [-0.25, -0.2) is 0 Å². The summed E-state index contributed by atoms with van der Waals surface area (Å²) in [5.74, 6) is 0.0193. The molecule has 0 heterocycles. The molecular weight excluding hydrogens is 272 g/mol. The summed E-state index contributed by atoms with van der Waals surface area (Å²) >= 11 is 0. The highest BCUT2D eigenvalue weighted by Crippen LogP contribution is 2.23. The first-order chi connectivity index (χ1) is 10.5. The third-order valence-corrected chi connectivity index (χ3v) is 4.12. The molecule has 0 aliphatic carbocycles. The number of carbonyl (C=O) groups excluding carboxylic acids is 1. The van der Waals surface area contributed by atoms with E-state index in [0.29, 0.717) is 13.0 Å². The van der Waals surface area contributed by atoms with Crippen LogP contribution in [0.3, 0.4) is 0 Å². The third kappa shape index (κ3) is 3.95. The maximum absolute atomic E-state index is 12.2. The Morgan fingerprint density at radius 3 is 1.91 bits per heavy atom. The highest BCUT2D eigenvalue weighted by atomic mass is 16.2. The molecule has 2 aromatic rings. The Labute approximate surface area is 132 Å². The van der Waals surface area contributed by atoms with Crippen LogP contribution in [0.1, 0.15) is 37.3 Å². The zero-order valence-electron chi connectivity index (χ0n) is 13.3. The monoisotopic (exact) mass is 296 g/mol. The Morgan fingerprint density at radius 2 is 1.50 bits per heavy atom. The largest absolute Gasteiger partial charge is 0.354 e. The predicted octanol–water partition coefficient (Wildman–Crippen LogP) is 3.06. The van der Waals surface area contributed by atoms with E-state index in [0.717, 1.165) is 0 Å². The number of hydrogen-bond donors (Lipinski definition) is 2. The van der Waals surface area contributed by atoms with Gasteiger partial charge in [-0.15, -0.1) is 0 Å². The predicted molar refractivity (Wildman–Crippen MR) is 90.6 cm³/mol. The van der Waals surface area contributed by atoms with Gasteiger partial charge in [-0.1, -0.05) is 67.6 Å². The molecule has 0 aromatic heterocycles. The van der Waals surface area contributed by atoms with Crippen LogP contribution in [0.2, 0.25) is 0 Å². The minimum atomic E-state index is -0.822. The lowest BCUT2D eigenvalue weighted by Gasteiger charge is -2.24. The molecule has 3 nitrogen and oxygen atoms in total. The van der Waals surface area contributed by atoms with Crippen molar-refractivity contribution in [1.82, 2.24) is 5.32 Å². The van der Waals surface area contributed by atoms with Crippen LogP contribution in [-0.2, 0) is 4.79 Å². The topological polar surface area (TPSA) is 55.1 Å². The third-order valence-electron chi connectivity index (χ3n) is 4.12. The average molecular weight is 296 g/mol. The first-order valence-corrected chi connectivity index (χ1v) is 7.71. The minimum absolute atomic E-state index is 0.105. The molecule has 2 rings (SSSR count). The molecule has 2 aromatic carbocycles. The van der Waals surface area contributed by atoms with Crippen LogP contribution in [0.4, 0.5) is 0 Å². The van der Waals surface area contributed by atoms with Gasteiger partial charge in [0.1, 0.15) is 0 Å². The van der Waals surface area contributed by atoms with Gasteiger partial charge in [-0.2, -0.15) is 0 Å². The zero-order chi connectivity index (χ0) is 16.0. The highest BCUT2D eigenvalue weighted by Gasteiger charge is 2.26. The summed E-state index contributed by atoms with van der Waals surface area (Å²) in [7, 11) is 0. The molecular formula is C19H24N2O. The quantitative estimate of drug-likeness (QED) is 0.861. The summed E-state index contributed by atoms with van der Waals surface area (Å²) in [5.41, 5.74) is 7.56. The summed E-state index contributed by atoms with van der Waals surface area (Å²) < 4.78 is 0. The van der Waals surface area contributed by atoms with Crippen molar-refractivity contribution in [3.63, 3.8) is 0 Å². The molecule has 0 aliphatic heterocycles. The number of carbonyl (C=O) groups is 1. The van der Waals surface area contributed by atoms with Crippen molar-refractivity contribution in [1.29, 1.82) is 0 Å². The summed E-state index contributed by atoms with van der Waals surface area (Å²) in [5, 5.41) is 3.01. The number of rotatable bonds is 6. The molecule has 1 amide bonds. The van der Waals surface area contributed by atoms with Crippen molar-refractivity contribution < 1.29 is 4.79 Å². The summed E-state index contributed by atoms with van der Waals surface area (Å²) in [6, 6.07) is 20.4. The number of nitrogens with two attached hydrogens (primary N) is 1. The van der Waals surface area contributed by atoms with Gasteiger partial charge < -0.3 is 11.1 Å². The Kier molecular flexibility index (Phi) is 5.34. The lowest BCUT2D eigenvalue weighted by molar-refractivity contribution is -0.125. The minimum Gasteiger partial charge on any atom is -0.354 e. The second-order valence-corrected chi connectivity index (χ2v) is 5.85. The standard InChI is InChI=1S/C19H24N2O/c1-3-19(2,20)18(22)21-14-17(15-10-6-4-7-11-15)16-12-8-5-9-13-16/h4-13,17H,3,14,20H2,1-2H3,(H,21,22). The van der Waals surface area contributed by atoms with Crippen LogP contribution in [0.25, 0.3) is 0 Å².